The quantitative estimate of drug-likeness (QED) is 0.707. The fourth-order valence-corrected chi connectivity index (χ4v) is 2.23. The zero-order valence-corrected chi connectivity index (χ0v) is 10.4. The summed E-state index contributed by atoms with van der Waals surface area (Å²) in [6.45, 7) is 0.00819. The lowest BCUT2D eigenvalue weighted by molar-refractivity contribution is 0.0690. The van der Waals surface area contributed by atoms with Crippen LogP contribution in [0.3, 0.4) is 0 Å². The molecular weight excluding hydrogens is 272 g/mol. The van der Waals surface area contributed by atoms with E-state index in [4.69, 9.17) is 5.11 Å². The first-order valence-electron chi connectivity index (χ1n) is 5.16. The summed E-state index contributed by atoms with van der Waals surface area (Å²) in [6, 6.07) is 4.13. The summed E-state index contributed by atoms with van der Waals surface area (Å²) in [5.74, 6) is -1.13. The number of hydrogen-bond acceptors (Lipinski definition) is 5. The summed E-state index contributed by atoms with van der Waals surface area (Å²) in [6.07, 6.45) is 2.64. The van der Waals surface area contributed by atoms with Crippen molar-refractivity contribution < 1.29 is 18.3 Å². The van der Waals surface area contributed by atoms with E-state index in [1.807, 2.05) is 0 Å². The molecule has 0 atom stereocenters. The van der Waals surface area contributed by atoms with Crippen molar-refractivity contribution in [1.82, 2.24) is 19.9 Å². The van der Waals surface area contributed by atoms with Gasteiger partial charge in [-0.15, -0.1) is 0 Å². The van der Waals surface area contributed by atoms with Gasteiger partial charge in [0.15, 0.2) is 5.03 Å². The zero-order chi connectivity index (χ0) is 13.9. The van der Waals surface area contributed by atoms with E-state index in [-0.39, 0.29) is 17.3 Å². The minimum Gasteiger partial charge on any atom is -0.477 e. The summed E-state index contributed by atoms with van der Waals surface area (Å²) in [4.78, 5) is 14.3. The van der Waals surface area contributed by atoms with Crippen LogP contribution in [-0.2, 0) is 16.6 Å². The molecule has 9 heteroatoms. The van der Waals surface area contributed by atoms with Crippen LogP contribution in [-0.4, -0.2) is 34.7 Å². The molecule has 0 unspecified atom stereocenters. The molecular formula is C10H10N4O4S. The van der Waals surface area contributed by atoms with E-state index in [1.54, 1.807) is 0 Å². The van der Waals surface area contributed by atoms with Crippen molar-refractivity contribution in [2.24, 2.45) is 0 Å². The largest absolute Gasteiger partial charge is 0.477 e. The minimum atomic E-state index is -3.65. The van der Waals surface area contributed by atoms with Crippen LogP contribution in [0.4, 0.5) is 0 Å². The van der Waals surface area contributed by atoms with E-state index in [9.17, 15) is 13.2 Å². The number of aromatic amines is 1. The Kier molecular flexibility index (Phi) is 3.58. The molecule has 0 saturated heterocycles. The Hall–Kier alpha value is -2.26. The molecule has 0 fully saturated rings. The Morgan fingerprint density at radius 1 is 1.37 bits per heavy atom. The monoisotopic (exact) mass is 282 g/mol. The summed E-state index contributed by atoms with van der Waals surface area (Å²) < 4.78 is 25.8. The number of carboxylic acids is 1. The van der Waals surface area contributed by atoms with E-state index in [2.05, 4.69) is 19.9 Å². The minimum absolute atomic E-state index is 0.00819. The van der Waals surface area contributed by atoms with Crippen LogP contribution in [0, 0.1) is 0 Å². The van der Waals surface area contributed by atoms with Gasteiger partial charge < -0.3 is 5.11 Å². The van der Waals surface area contributed by atoms with E-state index in [1.165, 1.54) is 30.6 Å². The Morgan fingerprint density at radius 2 is 2.16 bits per heavy atom. The number of pyridine rings is 1. The fraction of sp³-hybridized carbons (Fsp3) is 0.100. The first-order chi connectivity index (χ1) is 8.99. The van der Waals surface area contributed by atoms with Gasteiger partial charge in [-0.05, 0) is 17.7 Å². The number of carboxylic acid groups (broad SMARTS) is 1. The molecule has 2 aromatic rings. The topological polar surface area (TPSA) is 125 Å². The summed E-state index contributed by atoms with van der Waals surface area (Å²) in [5, 5.41) is 14.5. The van der Waals surface area contributed by atoms with Crippen molar-refractivity contribution in [1.29, 1.82) is 0 Å². The van der Waals surface area contributed by atoms with Crippen LogP contribution in [0.1, 0.15) is 16.1 Å². The number of nitrogens with zero attached hydrogens (tertiary/aromatic N) is 2. The van der Waals surface area contributed by atoms with E-state index >= 15 is 0 Å². The second kappa shape index (κ2) is 5.16. The lowest BCUT2D eigenvalue weighted by Gasteiger charge is -2.04. The molecule has 0 saturated carbocycles. The van der Waals surface area contributed by atoms with E-state index in [0.29, 0.717) is 5.56 Å². The summed E-state index contributed by atoms with van der Waals surface area (Å²) in [7, 11) is -3.65. The molecule has 2 rings (SSSR count). The Balaban J connectivity index is 2.05. The Morgan fingerprint density at radius 3 is 2.68 bits per heavy atom. The standard InChI is InChI=1S/C10H10N4O4S/c15-10(16)8-2-1-7(5-11-8)6-13-19(17,18)9-3-4-12-14-9/h1-5,13H,6H2,(H,12,14)(H,15,16). The average molecular weight is 282 g/mol. The summed E-state index contributed by atoms with van der Waals surface area (Å²) >= 11 is 0. The lowest BCUT2D eigenvalue weighted by atomic mass is 10.2. The predicted molar refractivity (Wildman–Crippen MR) is 63.8 cm³/mol. The van der Waals surface area contributed by atoms with Crippen LogP contribution in [0.5, 0.6) is 0 Å². The molecule has 0 aliphatic carbocycles. The number of H-pyrrole nitrogens is 1. The highest BCUT2D eigenvalue weighted by Crippen LogP contribution is 2.05. The number of sulfonamides is 1. The fourth-order valence-electron chi connectivity index (χ4n) is 1.30. The van der Waals surface area contributed by atoms with Crippen molar-refractivity contribution in [3.63, 3.8) is 0 Å². The molecule has 0 aromatic carbocycles. The van der Waals surface area contributed by atoms with Crippen LogP contribution < -0.4 is 4.72 Å². The molecule has 0 aliphatic heterocycles. The maximum atomic E-state index is 11.7. The van der Waals surface area contributed by atoms with Crippen molar-refractivity contribution in [3.05, 3.63) is 41.9 Å². The maximum absolute atomic E-state index is 11.7. The van der Waals surface area contributed by atoms with Gasteiger partial charge >= 0.3 is 5.97 Å². The van der Waals surface area contributed by atoms with E-state index < -0.39 is 16.0 Å². The number of nitrogens with one attached hydrogen (secondary N) is 2. The number of rotatable bonds is 5. The normalized spacial score (nSPS) is 11.4. The van der Waals surface area contributed by atoms with Crippen LogP contribution in [0.15, 0.2) is 35.6 Å². The molecule has 19 heavy (non-hydrogen) atoms. The third-order valence-corrected chi connectivity index (χ3v) is 3.61. The zero-order valence-electron chi connectivity index (χ0n) is 9.57. The van der Waals surface area contributed by atoms with Gasteiger partial charge in [0.1, 0.15) is 5.69 Å². The average Bonchev–Trinajstić information content (AvgIpc) is 2.91. The highest BCUT2D eigenvalue weighted by atomic mass is 32.2. The number of hydrogen-bond donors (Lipinski definition) is 3. The number of carbonyl (C=O) groups is 1. The van der Waals surface area contributed by atoms with Gasteiger partial charge in [0.2, 0.25) is 0 Å². The van der Waals surface area contributed by atoms with Gasteiger partial charge in [-0.3, -0.25) is 5.10 Å². The molecule has 0 radical (unpaired) electrons. The maximum Gasteiger partial charge on any atom is 0.354 e. The van der Waals surface area contributed by atoms with Crippen LogP contribution >= 0.6 is 0 Å². The second-order valence-electron chi connectivity index (χ2n) is 3.60. The number of aromatic carboxylic acids is 1. The first kappa shape index (κ1) is 13.2. The van der Waals surface area contributed by atoms with Gasteiger partial charge in [-0.1, -0.05) is 6.07 Å². The first-order valence-corrected chi connectivity index (χ1v) is 6.64. The molecule has 2 aromatic heterocycles. The van der Waals surface area contributed by atoms with Gasteiger partial charge in [-0.2, -0.15) is 5.10 Å². The molecule has 0 amide bonds. The van der Waals surface area contributed by atoms with Gasteiger partial charge in [0.25, 0.3) is 10.0 Å². The third-order valence-electron chi connectivity index (χ3n) is 2.27. The highest BCUT2D eigenvalue weighted by molar-refractivity contribution is 7.89. The molecule has 3 N–H and O–H groups in total. The van der Waals surface area contributed by atoms with Crippen LogP contribution in [0.25, 0.3) is 0 Å². The van der Waals surface area contributed by atoms with Gasteiger partial charge in [0, 0.05) is 12.7 Å². The molecule has 0 aliphatic rings. The van der Waals surface area contributed by atoms with Crippen molar-refractivity contribution in [2.75, 3.05) is 0 Å². The van der Waals surface area contributed by atoms with Crippen molar-refractivity contribution >= 4 is 16.0 Å². The van der Waals surface area contributed by atoms with Crippen molar-refractivity contribution in [3.8, 4) is 0 Å². The van der Waals surface area contributed by atoms with Crippen molar-refractivity contribution in [2.45, 2.75) is 11.6 Å². The van der Waals surface area contributed by atoms with Gasteiger partial charge in [-0.25, -0.2) is 22.9 Å². The molecule has 0 spiro atoms. The van der Waals surface area contributed by atoms with Gasteiger partial charge in [0.05, 0.1) is 6.20 Å². The SMILES string of the molecule is O=C(O)c1ccc(CNS(=O)(=O)c2ccn[nH]2)cn1. The predicted octanol–water partition coefficient (Wildman–Crippen LogP) is -0.0186. The Bertz CT molecular complexity index is 664. The third kappa shape index (κ3) is 3.14. The molecule has 0 bridgehead atoms. The van der Waals surface area contributed by atoms with E-state index in [0.717, 1.165) is 0 Å². The molecule has 100 valence electrons. The smallest absolute Gasteiger partial charge is 0.354 e. The second-order valence-corrected chi connectivity index (χ2v) is 5.34. The van der Waals surface area contributed by atoms with Crippen LogP contribution in [0.2, 0.25) is 0 Å². The molecule has 8 nitrogen and oxygen atoms in total. The number of aromatic nitrogens is 3. The Labute approximate surface area is 108 Å². The summed E-state index contributed by atoms with van der Waals surface area (Å²) in [5.41, 5.74) is 0.452. The highest BCUT2D eigenvalue weighted by Gasteiger charge is 2.14. The molecule has 2 heterocycles. The lowest BCUT2D eigenvalue weighted by Crippen LogP contribution is -2.23.